The van der Waals surface area contributed by atoms with Crippen LogP contribution in [-0.2, 0) is 14.1 Å². The number of aromatic nitrogens is 4. The predicted molar refractivity (Wildman–Crippen MR) is 133 cm³/mol. The Kier molecular flexibility index (Phi) is 6.02. The molecule has 4 aromatic rings. The first-order chi connectivity index (χ1) is 15.7. The first kappa shape index (κ1) is 22.6. The molecular weight excluding hydrogens is 412 g/mol. The van der Waals surface area contributed by atoms with E-state index in [9.17, 15) is 9.59 Å². The van der Waals surface area contributed by atoms with Gasteiger partial charge in [-0.1, -0.05) is 50.2 Å². The summed E-state index contributed by atoms with van der Waals surface area (Å²) in [6, 6.07) is 19.3. The molecule has 0 fully saturated rings. The van der Waals surface area contributed by atoms with Gasteiger partial charge in [-0.15, -0.1) is 0 Å². The molecule has 0 radical (unpaired) electrons. The molecule has 2 heterocycles. The van der Waals surface area contributed by atoms with Crippen molar-refractivity contribution in [2.75, 3.05) is 0 Å². The molecule has 0 bridgehead atoms. The van der Waals surface area contributed by atoms with Crippen molar-refractivity contribution in [3.8, 4) is 11.4 Å². The van der Waals surface area contributed by atoms with E-state index in [0.717, 1.165) is 22.8 Å². The van der Waals surface area contributed by atoms with Crippen LogP contribution in [0.2, 0.25) is 0 Å². The summed E-state index contributed by atoms with van der Waals surface area (Å²) in [6.07, 6.45) is 0.712. The topological polar surface area (TPSA) is 53.9 Å². The quantitative estimate of drug-likeness (QED) is 0.441. The van der Waals surface area contributed by atoms with Gasteiger partial charge in [0.1, 0.15) is 0 Å². The predicted octanol–water partition coefficient (Wildman–Crippen LogP) is 4.46. The molecule has 0 N–H and O–H groups in total. The zero-order chi connectivity index (χ0) is 23.9. The monoisotopic (exact) mass is 444 g/mol. The fourth-order valence-corrected chi connectivity index (χ4v) is 4.83. The largest absolute Gasteiger partial charge is 0.285 e. The number of hydrogen-bond acceptors (Lipinski definition) is 2. The number of benzene rings is 2. The van der Waals surface area contributed by atoms with E-state index in [-0.39, 0.29) is 17.0 Å². The van der Waals surface area contributed by atoms with Gasteiger partial charge in [0.05, 0.1) is 11.4 Å². The lowest BCUT2D eigenvalue weighted by Crippen LogP contribution is -2.26. The minimum Gasteiger partial charge on any atom is -0.285 e. The summed E-state index contributed by atoms with van der Waals surface area (Å²) in [5.41, 5.74) is 4.64. The van der Waals surface area contributed by atoms with Crippen LogP contribution >= 0.6 is 0 Å². The third kappa shape index (κ3) is 3.80. The van der Waals surface area contributed by atoms with Gasteiger partial charge in [0.2, 0.25) is 0 Å². The second-order valence-corrected chi connectivity index (χ2v) is 9.13. The minimum atomic E-state index is -0.294. The molecule has 172 valence electrons. The third-order valence-corrected chi connectivity index (χ3v) is 6.60. The Morgan fingerprint density at radius 3 is 1.36 bits per heavy atom. The molecule has 0 amide bonds. The molecule has 6 heteroatoms. The van der Waals surface area contributed by atoms with E-state index in [1.807, 2.05) is 98.0 Å². The Labute approximate surface area is 194 Å². The van der Waals surface area contributed by atoms with Crippen molar-refractivity contribution in [1.82, 2.24) is 18.7 Å². The average molecular weight is 445 g/mol. The molecular formula is C27H32N4O2. The van der Waals surface area contributed by atoms with Crippen molar-refractivity contribution in [2.24, 2.45) is 20.0 Å². The van der Waals surface area contributed by atoms with Gasteiger partial charge in [-0.25, -0.2) is 9.36 Å². The zero-order valence-electron chi connectivity index (χ0n) is 20.2. The second-order valence-electron chi connectivity index (χ2n) is 9.13. The van der Waals surface area contributed by atoms with E-state index >= 15 is 0 Å². The molecule has 4 rings (SSSR count). The standard InChI is InChI=1S/C27H32N4O2/c1-18(2)17-23(24-19(3)28(5)30(26(24)32)21-13-9-7-10-14-21)25-20(4)29(6)31(27(25)33)22-15-11-8-12-16-22/h7-16,18,23H,17H2,1-6H3. The van der Waals surface area contributed by atoms with Crippen LogP contribution < -0.4 is 11.1 Å². The zero-order valence-corrected chi connectivity index (χ0v) is 20.2. The van der Waals surface area contributed by atoms with Crippen LogP contribution in [0.3, 0.4) is 0 Å². The van der Waals surface area contributed by atoms with Crippen molar-refractivity contribution >= 4 is 0 Å². The summed E-state index contributed by atoms with van der Waals surface area (Å²) in [5.74, 6) is 0.0145. The van der Waals surface area contributed by atoms with Gasteiger partial charge in [-0.3, -0.25) is 19.0 Å². The van der Waals surface area contributed by atoms with E-state index in [0.29, 0.717) is 23.5 Å². The van der Waals surface area contributed by atoms with Crippen LogP contribution in [0.25, 0.3) is 11.4 Å². The summed E-state index contributed by atoms with van der Waals surface area (Å²) in [6.45, 7) is 8.21. The molecule has 0 saturated carbocycles. The Bertz CT molecular complexity index is 1280. The Hall–Kier alpha value is -3.54. The summed E-state index contributed by atoms with van der Waals surface area (Å²) in [7, 11) is 3.81. The van der Waals surface area contributed by atoms with Crippen molar-refractivity contribution in [1.29, 1.82) is 0 Å². The first-order valence-electron chi connectivity index (χ1n) is 11.4. The fraction of sp³-hybridized carbons (Fsp3) is 0.333. The molecule has 2 aromatic carbocycles. The van der Waals surface area contributed by atoms with Crippen molar-refractivity contribution in [3.63, 3.8) is 0 Å². The SMILES string of the molecule is Cc1c(C(CC(C)C)c2c(C)n(C)n(-c3ccccc3)c2=O)c(=O)n(-c2ccccc2)n1C. The third-order valence-electron chi connectivity index (χ3n) is 6.60. The molecule has 33 heavy (non-hydrogen) atoms. The van der Waals surface area contributed by atoms with Crippen molar-refractivity contribution < 1.29 is 0 Å². The number of nitrogens with zero attached hydrogens (tertiary/aromatic N) is 4. The molecule has 0 spiro atoms. The molecule has 0 saturated heterocycles. The highest BCUT2D eigenvalue weighted by molar-refractivity contribution is 5.41. The highest BCUT2D eigenvalue weighted by Gasteiger charge is 2.31. The maximum Gasteiger partial charge on any atom is 0.275 e. The Balaban J connectivity index is 1.98. The van der Waals surface area contributed by atoms with Gasteiger partial charge in [0.25, 0.3) is 11.1 Å². The highest BCUT2D eigenvalue weighted by Crippen LogP contribution is 2.32. The molecule has 0 atom stereocenters. The molecule has 2 aromatic heterocycles. The van der Waals surface area contributed by atoms with E-state index in [2.05, 4.69) is 13.8 Å². The van der Waals surface area contributed by atoms with Crippen molar-refractivity contribution in [3.05, 3.63) is 104 Å². The van der Waals surface area contributed by atoms with Crippen LogP contribution in [0, 0.1) is 19.8 Å². The molecule has 0 aliphatic heterocycles. The molecule has 6 nitrogen and oxygen atoms in total. The van der Waals surface area contributed by atoms with Gasteiger partial charge in [-0.2, -0.15) is 0 Å². The number of hydrogen-bond donors (Lipinski definition) is 0. The Morgan fingerprint density at radius 1 is 0.667 bits per heavy atom. The summed E-state index contributed by atoms with van der Waals surface area (Å²) in [4.78, 5) is 27.6. The van der Waals surface area contributed by atoms with Gasteiger partial charge < -0.3 is 0 Å². The van der Waals surface area contributed by atoms with Crippen LogP contribution in [0.4, 0.5) is 0 Å². The van der Waals surface area contributed by atoms with E-state index < -0.39 is 0 Å². The van der Waals surface area contributed by atoms with Crippen LogP contribution in [-0.4, -0.2) is 18.7 Å². The number of rotatable bonds is 6. The van der Waals surface area contributed by atoms with Crippen LogP contribution in [0.5, 0.6) is 0 Å². The number of para-hydroxylation sites is 2. The second kappa shape index (κ2) is 8.77. The molecule has 0 aliphatic carbocycles. The smallest absolute Gasteiger partial charge is 0.275 e. The summed E-state index contributed by atoms with van der Waals surface area (Å²) in [5, 5.41) is 0. The Morgan fingerprint density at radius 2 is 1.03 bits per heavy atom. The van der Waals surface area contributed by atoms with E-state index in [1.165, 1.54) is 0 Å². The maximum absolute atomic E-state index is 13.8. The van der Waals surface area contributed by atoms with Gasteiger partial charge in [0.15, 0.2) is 0 Å². The van der Waals surface area contributed by atoms with Crippen LogP contribution in [0.15, 0.2) is 70.3 Å². The molecule has 0 aliphatic rings. The average Bonchev–Trinajstić information content (AvgIpc) is 3.15. The van der Waals surface area contributed by atoms with Gasteiger partial charge >= 0.3 is 0 Å². The van der Waals surface area contributed by atoms with Gasteiger partial charge in [-0.05, 0) is 50.5 Å². The van der Waals surface area contributed by atoms with Crippen molar-refractivity contribution in [2.45, 2.75) is 40.0 Å². The fourth-order valence-electron chi connectivity index (χ4n) is 4.83. The van der Waals surface area contributed by atoms with E-state index in [4.69, 9.17) is 0 Å². The summed E-state index contributed by atoms with van der Waals surface area (Å²) < 4.78 is 7.20. The normalized spacial score (nSPS) is 11.6. The first-order valence-corrected chi connectivity index (χ1v) is 11.4. The van der Waals surface area contributed by atoms with Crippen LogP contribution in [0.1, 0.15) is 48.7 Å². The minimum absolute atomic E-state index is 0.0687. The lowest BCUT2D eigenvalue weighted by molar-refractivity contribution is 0.535. The summed E-state index contributed by atoms with van der Waals surface area (Å²) >= 11 is 0. The lowest BCUT2D eigenvalue weighted by atomic mass is 9.84. The molecule has 0 unspecified atom stereocenters. The maximum atomic E-state index is 13.8. The van der Waals surface area contributed by atoms with E-state index in [1.54, 1.807) is 9.36 Å². The highest BCUT2D eigenvalue weighted by atomic mass is 16.1. The lowest BCUT2D eigenvalue weighted by Gasteiger charge is -2.17. The van der Waals surface area contributed by atoms with Gasteiger partial charge in [0, 0.05) is 42.5 Å².